The van der Waals surface area contributed by atoms with Gasteiger partial charge in [-0.2, -0.15) is 0 Å². The Kier molecular flexibility index (Phi) is 4.97. The number of nitrogens with zero attached hydrogens (tertiary/aromatic N) is 1. The van der Waals surface area contributed by atoms with Crippen molar-refractivity contribution in [1.29, 1.82) is 0 Å². The predicted molar refractivity (Wildman–Crippen MR) is 87.2 cm³/mol. The Bertz CT molecular complexity index is 594. The number of benzene rings is 2. The van der Waals surface area contributed by atoms with Crippen molar-refractivity contribution in [1.82, 2.24) is 0 Å². The summed E-state index contributed by atoms with van der Waals surface area (Å²) in [5.74, 6) is -0.192. The van der Waals surface area contributed by atoms with Crippen LogP contribution < -0.4 is 10.6 Å². The molecule has 0 fully saturated rings. The maximum absolute atomic E-state index is 13.8. The monoisotopic (exact) mass is 286 g/mol. The Hall–Kier alpha value is -1.87. The molecule has 0 aliphatic rings. The molecule has 0 radical (unpaired) electrons. The van der Waals surface area contributed by atoms with Gasteiger partial charge >= 0.3 is 0 Å². The second-order valence-electron chi connectivity index (χ2n) is 5.61. The summed E-state index contributed by atoms with van der Waals surface area (Å²) in [5, 5.41) is 0. The third kappa shape index (κ3) is 3.82. The van der Waals surface area contributed by atoms with Crippen molar-refractivity contribution in [3.8, 4) is 0 Å². The average molecular weight is 286 g/mol. The first kappa shape index (κ1) is 15.5. The lowest BCUT2D eigenvalue weighted by Crippen LogP contribution is -2.23. The summed E-state index contributed by atoms with van der Waals surface area (Å²) in [6, 6.07) is 13.6. The van der Waals surface area contributed by atoms with Crippen LogP contribution in [0.3, 0.4) is 0 Å². The standard InChI is InChI=1S/C18H23FN2/c1-13-11-18(16(14(2)20)12-17(13)19)21(3)10-9-15-7-5-4-6-8-15/h4-8,11-12,14H,9-10,20H2,1-3H3. The molecule has 0 saturated heterocycles. The molecule has 112 valence electrons. The third-order valence-electron chi connectivity index (χ3n) is 3.79. The van der Waals surface area contributed by atoms with E-state index in [1.807, 2.05) is 38.2 Å². The first-order valence-corrected chi connectivity index (χ1v) is 7.29. The van der Waals surface area contributed by atoms with Gasteiger partial charge in [0.05, 0.1) is 0 Å². The van der Waals surface area contributed by atoms with Crippen LogP contribution in [0.5, 0.6) is 0 Å². The molecule has 0 saturated carbocycles. The molecule has 2 rings (SSSR count). The zero-order chi connectivity index (χ0) is 15.4. The summed E-state index contributed by atoms with van der Waals surface area (Å²) in [7, 11) is 2.03. The summed E-state index contributed by atoms with van der Waals surface area (Å²) in [6.45, 7) is 4.54. The quantitative estimate of drug-likeness (QED) is 0.905. The molecule has 0 bridgehead atoms. The number of hydrogen-bond acceptors (Lipinski definition) is 2. The fourth-order valence-electron chi connectivity index (χ4n) is 2.44. The first-order chi connectivity index (χ1) is 9.99. The second-order valence-corrected chi connectivity index (χ2v) is 5.61. The molecule has 0 heterocycles. The van der Waals surface area contributed by atoms with Crippen LogP contribution in [0.15, 0.2) is 42.5 Å². The fraction of sp³-hybridized carbons (Fsp3) is 0.333. The van der Waals surface area contributed by atoms with Crippen molar-refractivity contribution in [2.75, 3.05) is 18.5 Å². The SMILES string of the molecule is Cc1cc(N(C)CCc2ccccc2)c(C(C)N)cc1F. The van der Waals surface area contributed by atoms with Crippen LogP contribution >= 0.6 is 0 Å². The van der Waals surface area contributed by atoms with Crippen molar-refractivity contribution >= 4 is 5.69 Å². The molecule has 2 N–H and O–H groups in total. The Labute approximate surface area is 126 Å². The maximum atomic E-state index is 13.8. The van der Waals surface area contributed by atoms with Gasteiger partial charge in [0, 0.05) is 25.3 Å². The molecular weight excluding hydrogens is 263 g/mol. The van der Waals surface area contributed by atoms with Crippen LogP contribution in [-0.2, 0) is 6.42 Å². The normalized spacial score (nSPS) is 12.2. The van der Waals surface area contributed by atoms with Gasteiger partial charge in [-0.1, -0.05) is 30.3 Å². The molecule has 0 spiro atoms. The summed E-state index contributed by atoms with van der Waals surface area (Å²) in [4.78, 5) is 2.15. The maximum Gasteiger partial charge on any atom is 0.126 e. The lowest BCUT2D eigenvalue weighted by molar-refractivity contribution is 0.612. The van der Waals surface area contributed by atoms with E-state index in [0.717, 1.165) is 24.2 Å². The molecule has 2 aromatic carbocycles. The molecule has 1 unspecified atom stereocenters. The molecule has 2 nitrogen and oxygen atoms in total. The second kappa shape index (κ2) is 6.72. The van der Waals surface area contributed by atoms with Crippen LogP contribution in [0.2, 0.25) is 0 Å². The Morgan fingerprint density at radius 1 is 1.19 bits per heavy atom. The average Bonchev–Trinajstić information content (AvgIpc) is 2.48. The number of hydrogen-bond donors (Lipinski definition) is 1. The topological polar surface area (TPSA) is 29.3 Å². The molecule has 21 heavy (non-hydrogen) atoms. The Balaban J connectivity index is 2.18. The van der Waals surface area contributed by atoms with Gasteiger partial charge in [0.1, 0.15) is 5.82 Å². The highest BCUT2D eigenvalue weighted by Crippen LogP contribution is 2.27. The lowest BCUT2D eigenvalue weighted by Gasteiger charge is -2.25. The van der Waals surface area contributed by atoms with Gasteiger partial charge in [-0.3, -0.25) is 0 Å². The van der Waals surface area contributed by atoms with Crippen molar-refractivity contribution in [2.24, 2.45) is 5.73 Å². The van der Waals surface area contributed by atoms with Crippen LogP contribution in [0.25, 0.3) is 0 Å². The van der Waals surface area contributed by atoms with E-state index in [2.05, 4.69) is 17.0 Å². The molecule has 0 amide bonds. The van der Waals surface area contributed by atoms with Crippen molar-refractivity contribution in [2.45, 2.75) is 26.3 Å². The van der Waals surface area contributed by atoms with E-state index in [1.165, 1.54) is 5.56 Å². The lowest BCUT2D eigenvalue weighted by atomic mass is 10.0. The number of anilines is 1. The van der Waals surface area contributed by atoms with E-state index in [9.17, 15) is 4.39 Å². The molecule has 3 heteroatoms. The minimum Gasteiger partial charge on any atom is -0.374 e. The minimum absolute atomic E-state index is 0.186. The van der Waals surface area contributed by atoms with E-state index >= 15 is 0 Å². The molecule has 0 aliphatic heterocycles. The highest BCUT2D eigenvalue weighted by molar-refractivity contribution is 5.56. The van der Waals surface area contributed by atoms with E-state index in [4.69, 9.17) is 5.73 Å². The van der Waals surface area contributed by atoms with Gasteiger partial charge in [0.25, 0.3) is 0 Å². The van der Waals surface area contributed by atoms with Crippen LogP contribution in [0.4, 0.5) is 10.1 Å². The van der Waals surface area contributed by atoms with E-state index < -0.39 is 0 Å². The zero-order valence-corrected chi connectivity index (χ0v) is 12.9. The van der Waals surface area contributed by atoms with Gasteiger partial charge in [-0.05, 0) is 49.1 Å². The number of likely N-dealkylation sites (N-methyl/N-ethyl adjacent to an activating group) is 1. The zero-order valence-electron chi connectivity index (χ0n) is 12.9. The predicted octanol–water partition coefficient (Wildman–Crippen LogP) is 3.83. The fourth-order valence-corrected chi connectivity index (χ4v) is 2.44. The highest BCUT2D eigenvalue weighted by atomic mass is 19.1. The van der Waals surface area contributed by atoms with E-state index in [-0.39, 0.29) is 11.9 Å². The van der Waals surface area contributed by atoms with Gasteiger partial charge in [0.15, 0.2) is 0 Å². The highest BCUT2D eigenvalue weighted by Gasteiger charge is 2.14. The largest absolute Gasteiger partial charge is 0.374 e. The summed E-state index contributed by atoms with van der Waals surface area (Å²) >= 11 is 0. The first-order valence-electron chi connectivity index (χ1n) is 7.29. The minimum atomic E-state index is -0.192. The molecule has 0 aromatic heterocycles. The van der Waals surface area contributed by atoms with Crippen molar-refractivity contribution < 1.29 is 4.39 Å². The van der Waals surface area contributed by atoms with Gasteiger partial charge in [0.2, 0.25) is 0 Å². The Morgan fingerprint density at radius 2 is 1.86 bits per heavy atom. The molecule has 2 aromatic rings. The van der Waals surface area contributed by atoms with Gasteiger partial charge in [-0.15, -0.1) is 0 Å². The van der Waals surface area contributed by atoms with Crippen LogP contribution in [-0.4, -0.2) is 13.6 Å². The number of rotatable bonds is 5. The third-order valence-corrected chi connectivity index (χ3v) is 3.79. The van der Waals surface area contributed by atoms with E-state index in [1.54, 1.807) is 13.0 Å². The smallest absolute Gasteiger partial charge is 0.126 e. The van der Waals surface area contributed by atoms with Gasteiger partial charge in [-0.25, -0.2) is 4.39 Å². The number of aryl methyl sites for hydroxylation is 1. The molecule has 0 aliphatic carbocycles. The summed E-state index contributed by atoms with van der Waals surface area (Å²) < 4.78 is 13.8. The molecular formula is C18H23FN2. The van der Waals surface area contributed by atoms with E-state index in [0.29, 0.717) is 5.56 Å². The van der Waals surface area contributed by atoms with Crippen molar-refractivity contribution in [3.05, 3.63) is 65.0 Å². The Morgan fingerprint density at radius 3 is 2.48 bits per heavy atom. The van der Waals surface area contributed by atoms with Crippen molar-refractivity contribution in [3.63, 3.8) is 0 Å². The molecule has 1 atom stereocenters. The number of halogens is 1. The summed E-state index contributed by atoms with van der Waals surface area (Å²) in [6.07, 6.45) is 0.951. The number of nitrogens with two attached hydrogens (primary N) is 1. The van der Waals surface area contributed by atoms with Crippen LogP contribution in [0, 0.1) is 12.7 Å². The van der Waals surface area contributed by atoms with Crippen LogP contribution in [0.1, 0.15) is 29.7 Å². The summed E-state index contributed by atoms with van der Waals surface area (Å²) in [5.41, 5.74) is 9.80. The van der Waals surface area contributed by atoms with Gasteiger partial charge < -0.3 is 10.6 Å².